The molecule has 4 fully saturated rings. The van der Waals surface area contributed by atoms with Gasteiger partial charge in [0.15, 0.2) is 0 Å². The number of hydrogen-bond acceptors (Lipinski definition) is 3. The van der Waals surface area contributed by atoms with Gasteiger partial charge in [0, 0.05) is 26.1 Å². The summed E-state index contributed by atoms with van der Waals surface area (Å²) in [5, 5.41) is 16.2. The molecule has 0 spiro atoms. The van der Waals surface area contributed by atoms with Gasteiger partial charge in [-0.25, -0.2) is 4.79 Å². The lowest BCUT2D eigenvalue weighted by molar-refractivity contribution is -0.122. The van der Waals surface area contributed by atoms with Gasteiger partial charge in [0.2, 0.25) is 5.91 Å². The molecule has 6 nitrogen and oxygen atoms in total. The van der Waals surface area contributed by atoms with Crippen LogP contribution in [-0.4, -0.2) is 53.7 Å². The van der Waals surface area contributed by atoms with Crippen LogP contribution in [0, 0.1) is 23.7 Å². The lowest BCUT2D eigenvalue weighted by atomic mass is 9.87. The summed E-state index contributed by atoms with van der Waals surface area (Å²) < 4.78 is 0. The molecule has 0 aromatic carbocycles. The van der Waals surface area contributed by atoms with Gasteiger partial charge in [-0.2, -0.15) is 0 Å². The highest BCUT2D eigenvalue weighted by Crippen LogP contribution is 2.54. The number of nitrogens with one attached hydrogen (secondary N) is 2. The molecule has 2 bridgehead atoms. The smallest absolute Gasteiger partial charge is 0.317 e. The van der Waals surface area contributed by atoms with Gasteiger partial charge in [0.05, 0.1) is 12.1 Å². The molecule has 6 heteroatoms. The van der Waals surface area contributed by atoms with E-state index < -0.39 is 0 Å². The molecule has 1 heterocycles. The first-order valence-corrected chi connectivity index (χ1v) is 10.1. The molecule has 3 saturated carbocycles. The van der Waals surface area contributed by atoms with Crippen LogP contribution >= 0.6 is 0 Å². The summed E-state index contributed by atoms with van der Waals surface area (Å²) in [6, 6.07) is -0.0646. The Hall–Kier alpha value is -1.30. The second kappa shape index (κ2) is 7.14. The van der Waals surface area contributed by atoms with E-state index in [1.807, 2.05) is 4.90 Å². The molecule has 4 aliphatic rings. The second-order valence-electron chi connectivity index (χ2n) is 8.58. The van der Waals surface area contributed by atoms with E-state index in [0.29, 0.717) is 43.2 Å². The molecule has 25 heavy (non-hydrogen) atoms. The average Bonchev–Trinajstić information content (AvgIpc) is 3.22. The van der Waals surface area contributed by atoms with Crippen LogP contribution < -0.4 is 10.6 Å². The number of carbonyl (C=O) groups excluding carboxylic acids is 2. The molecule has 4 rings (SSSR count). The average molecular weight is 349 g/mol. The third-order valence-corrected chi connectivity index (χ3v) is 7.03. The number of fused-ring (bicyclic) bond motifs is 1. The Kier molecular flexibility index (Phi) is 4.89. The van der Waals surface area contributed by atoms with Crippen molar-refractivity contribution >= 4 is 11.9 Å². The van der Waals surface area contributed by atoms with E-state index in [2.05, 4.69) is 10.6 Å². The van der Waals surface area contributed by atoms with Crippen molar-refractivity contribution in [2.45, 2.75) is 63.5 Å². The van der Waals surface area contributed by atoms with E-state index in [-0.39, 0.29) is 24.1 Å². The van der Waals surface area contributed by atoms with E-state index in [1.54, 1.807) is 0 Å². The van der Waals surface area contributed by atoms with Gasteiger partial charge in [-0.05, 0) is 49.4 Å². The Morgan fingerprint density at radius 3 is 2.52 bits per heavy atom. The topological polar surface area (TPSA) is 81.7 Å². The van der Waals surface area contributed by atoms with Crippen molar-refractivity contribution in [3.63, 3.8) is 0 Å². The fourth-order valence-electron chi connectivity index (χ4n) is 5.85. The van der Waals surface area contributed by atoms with E-state index >= 15 is 0 Å². The van der Waals surface area contributed by atoms with E-state index in [9.17, 15) is 14.7 Å². The summed E-state index contributed by atoms with van der Waals surface area (Å²) in [6.45, 7) is 1.71. The van der Waals surface area contributed by atoms with Crippen LogP contribution in [-0.2, 0) is 4.79 Å². The predicted octanol–water partition coefficient (Wildman–Crippen LogP) is 1.48. The number of aliphatic hydroxyl groups is 1. The molecule has 3 aliphatic carbocycles. The van der Waals surface area contributed by atoms with Crippen LogP contribution in [0.15, 0.2) is 0 Å². The summed E-state index contributed by atoms with van der Waals surface area (Å²) in [5.74, 6) is 2.13. The molecule has 3 N–H and O–H groups in total. The lowest BCUT2D eigenvalue weighted by Gasteiger charge is -2.29. The maximum Gasteiger partial charge on any atom is 0.317 e. The normalized spacial score (nSPS) is 36.7. The predicted molar refractivity (Wildman–Crippen MR) is 93.8 cm³/mol. The molecular formula is C19H31N3O3. The summed E-state index contributed by atoms with van der Waals surface area (Å²) in [6.07, 6.45) is 8.58. The maximum absolute atomic E-state index is 12.5. The standard InChI is InChI=1S/C19H31N3O3/c23-16(8-12-4-2-1-3-5-12)20-6-7-21-19(25)22-11-14-9-13-10-15(14)17(22)18(13)24/h12-15,17-18,24H,1-11H2,(H,20,23)(H,21,25)/t13-,14-,15+,17-,18+/m0/s1. The van der Waals surface area contributed by atoms with Gasteiger partial charge in [-0.3, -0.25) is 4.79 Å². The van der Waals surface area contributed by atoms with Crippen molar-refractivity contribution in [2.24, 2.45) is 23.7 Å². The number of urea groups is 1. The van der Waals surface area contributed by atoms with Crippen LogP contribution in [0.25, 0.3) is 0 Å². The van der Waals surface area contributed by atoms with Gasteiger partial charge >= 0.3 is 6.03 Å². The maximum atomic E-state index is 12.5. The zero-order valence-corrected chi connectivity index (χ0v) is 15.0. The van der Waals surface area contributed by atoms with Crippen molar-refractivity contribution in [3.8, 4) is 0 Å². The minimum Gasteiger partial charge on any atom is -0.391 e. The Balaban J connectivity index is 1.15. The zero-order valence-electron chi connectivity index (χ0n) is 15.0. The van der Waals surface area contributed by atoms with Crippen LogP contribution in [0.5, 0.6) is 0 Å². The minimum absolute atomic E-state index is 0.0182. The molecule has 0 unspecified atom stereocenters. The largest absolute Gasteiger partial charge is 0.391 e. The van der Waals surface area contributed by atoms with Crippen LogP contribution in [0.4, 0.5) is 4.79 Å². The fourth-order valence-corrected chi connectivity index (χ4v) is 5.85. The lowest BCUT2D eigenvalue weighted by Crippen LogP contribution is -2.49. The summed E-state index contributed by atoms with van der Waals surface area (Å²) in [5.41, 5.74) is 0. The van der Waals surface area contributed by atoms with Gasteiger partial charge in [0.1, 0.15) is 0 Å². The monoisotopic (exact) mass is 349 g/mol. The first-order chi connectivity index (χ1) is 12.1. The molecule has 3 amide bonds. The van der Waals surface area contributed by atoms with Crippen molar-refractivity contribution in [3.05, 3.63) is 0 Å². The second-order valence-corrected chi connectivity index (χ2v) is 8.58. The minimum atomic E-state index is -0.343. The van der Waals surface area contributed by atoms with Gasteiger partial charge < -0.3 is 20.6 Å². The Labute approximate surface area is 149 Å². The van der Waals surface area contributed by atoms with E-state index in [1.165, 1.54) is 32.1 Å². The number of aliphatic hydroxyl groups excluding tert-OH is 1. The number of hydrogen-bond donors (Lipinski definition) is 3. The molecule has 0 aromatic rings. The molecular weight excluding hydrogens is 318 g/mol. The summed E-state index contributed by atoms with van der Waals surface area (Å²) in [4.78, 5) is 26.3. The Bertz CT molecular complexity index is 518. The molecule has 0 aromatic heterocycles. The van der Waals surface area contributed by atoms with Crippen molar-refractivity contribution in [2.75, 3.05) is 19.6 Å². The van der Waals surface area contributed by atoms with E-state index in [4.69, 9.17) is 0 Å². The number of carbonyl (C=O) groups is 2. The number of amides is 3. The molecule has 5 atom stereocenters. The number of nitrogens with zero attached hydrogens (tertiary/aromatic N) is 1. The summed E-state index contributed by atoms with van der Waals surface area (Å²) >= 11 is 0. The third-order valence-electron chi connectivity index (χ3n) is 7.03. The number of rotatable bonds is 5. The van der Waals surface area contributed by atoms with Crippen LogP contribution in [0.3, 0.4) is 0 Å². The first kappa shape index (κ1) is 17.1. The summed E-state index contributed by atoms with van der Waals surface area (Å²) in [7, 11) is 0. The third kappa shape index (κ3) is 3.37. The highest BCUT2D eigenvalue weighted by atomic mass is 16.3. The number of likely N-dealkylation sites (tertiary alicyclic amines) is 1. The quantitative estimate of drug-likeness (QED) is 0.658. The molecule has 140 valence electrons. The molecule has 1 aliphatic heterocycles. The van der Waals surface area contributed by atoms with E-state index in [0.717, 1.165) is 19.4 Å². The van der Waals surface area contributed by atoms with Gasteiger partial charge in [-0.1, -0.05) is 19.3 Å². The van der Waals surface area contributed by atoms with Gasteiger partial charge in [0.25, 0.3) is 0 Å². The highest BCUT2D eigenvalue weighted by molar-refractivity contribution is 5.77. The van der Waals surface area contributed by atoms with Gasteiger partial charge in [-0.15, -0.1) is 0 Å². The highest BCUT2D eigenvalue weighted by Gasteiger charge is 2.59. The SMILES string of the molecule is O=C(CC1CCCCC1)NCCNC(=O)N1C[C@@H]2C[C@H]3C[C@H]2[C@H]1[C@@H]3O. The Morgan fingerprint density at radius 2 is 1.76 bits per heavy atom. The van der Waals surface area contributed by atoms with Crippen molar-refractivity contribution in [1.82, 2.24) is 15.5 Å². The first-order valence-electron chi connectivity index (χ1n) is 10.1. The van der Waals surface area contributed by atoms with Crippen molar-refractivity contribution < 1.29 is 14.7 Å². The molecule has 1 saturated heterocycles. The molecule has 0 radical (unpaired) electrons. The van der Waals surface area contributed by atoms with Crippen LogP contribution in [0.1, 0.15) is 51.4 Å². The zero-order chi connectivity index (χ0) is 17.4. The van der Waals surface area contributed by atoms with Crippen molar-refractivity contribution in [1.29, 1.82) is 0 Å². The Morgan fingerprint density at radius 1 is 1.00 bits per heavy atom. The fraction of sp³-hybridized carbons (Fsp3) is 0.895. The van der Waals surface area contributed by atoms with Crippen LogP contribution in [0.2, 0.25) is 0 Å².